The van der Waals surface area contributed by atoms with Crippen LogP contribution in [0.3, 0.4) is 0 Å². The van der Waals surface area contributed by atoms with E-state index in [0.717, 1.165) is 67.4 Å². The van der Waals surface area contributed by atoms with Gasteiger partial charge in [0.2, 0.25) is 0 Å². The van der Waals surface area contributed by atoms with E-state index in [4.69, 9.17) is 4.74 Å². The molecule has 1 N–H and O–H groups in total. The number of benzene rings is 3. The van der Waals surface area contributed by atoms with Gasteiger partial charge in [0.05, 0.1) is 5.69 Å². The van der Waals surface area contributed by atoms with E-state index in [1.54, 1.807) is 4.90 Å². The number of hydrogen-bond donors (Lipinski definition) is 1. The lowest BCUT2D eigenvalue weighted by Crippen LogP contribution is -2.42. The molecule has 2 aliphatic rings. The number of para-hydroxylation sites is 1. The molecule has 3 aromatic carbocycles. The summed E-state index contributed by atoms with van der Waals surface area (Å²) in [5.74, 6) is 0.0489. The van der Waals surface area contributed by atoms with Crippen LogP contribution in [0.4, 0.5) is 10.5 Å². The first-order valence-electron chi connectivity index (χ1n) is 14.4. The molecule has 0 radical (unpaired) electrons. The van der Waals surface area contributed by atoms with E-state index in [0.29, 0.717) is 6.54 Å². The summed E-state index contributed by atoms with van der Waals surface area (Å²) in [6.07, 6.45) is 3.61. The lowest BCUT2D eigenvalue weighted by atomic mass is 10.0. The molecule has 7 heteroatoms. The van der Waals surface area contributed by atoms with Gasteiger partial charge < -0.3 is 14.5 Å². The van der Waals surface area contributed by atoms with Gasteiger partial charge in [-0.25, -0.2) is 4.79 Å². The van der Waals surface area contributed by atoms with Gasteiger partial charge in [-0.05, 0) is 62.1 Å². The summed E-state index contributed by atoms with van der Waals surface area (Å²) in [6.45, 7) is 4.06. The van der Waals surface area contributed by atoms with E-state index in [2.05, 4.69) is 34.3 Å². The third-order valence-electron chi connectivity index (χ3n) is 7.96. The minimum atomic E-state index is -0.419. The van der Waals surface area contributed by atoms with Gasteiger partial charge in [0.15, 0.2) is 0 Å². The molecular formula is C33H40N4O3. The molecule has 2 fully saturated rings. The number of nitrogens with zero attached hydrogens (tertiary/aromatic N) is 3. The second kappa shape index (κ2) is 13.1. The van der Waals surface area contributed by atoms with Crippen molar-refractivity contribution in [3.63, 3.8) is 0 Å². The molecule has 0 aromatic heterocycles. The van der Waals surface area contributed by atoms with Gasteiger partial charge in [0.1, 0.15) is 6.10 Å². The minimum Gasteiger partial charge on any atom is -0.446 e. The predicted molar refractivity (Wildman–Crippen MR) is 159 cm³/mol. The van der Waals surface area contributed by atoms with Crippen molar-refractivity contribution in [3.05, 3.63) is 90.0 Å². The van der Waals surface area contributed by atoms with Crippen molar-refractivity contribution in [2.45, 2.75) is 44.4 Å². The van der Waals surface area contributed by atoms with Crippen molar-refractivity contribution in [1.82, 2.24) is 14.7 Å². The average molecular weight is 541 g/mol. The van der Waals surface area contributed by atoms with Gasteiger partial charge in [-0.3, -0.25) is 15.0 Å². The van der Waals surface area contributed by atoms with Crippen molar-refractivity contribution in [3.8, 4) is 11.1 Å². The number of likely N-dealkylation sites (N-methyl/N-ethyl adjacent to an activating group) is 1. The van der Waals surface area contributed by atoms with E-state index >= 15 is 0 Å². The molecule has 1 heterocycles. The highest BCUT2D eigenvalue weighted by molar-refractivity contribution is 5.94. The Morgan fingerprint density at radius 2 is 1.55 bits per heavy atom. The smallest absolute Gasteiger partial charge is 0.411 e. The summed E-state index contributed by atoms with van der Waals surface area (Å²) in [6, 6.07) is 26.5. The highest BCUT2D eigenvalue weighted by Crippen LogP contribution is 2.28. The summed E-state index contributed by atoms with van der Waals surface area (Å²) < 4.78 is 5.76. The average Bonchev–Trinajstić information content (AvgIpc) is 3.83. The normalized spacial score (nSPS) is 16.1. The number of hydrogen-bond acceptors (Lipinski definition) is 5. The maximum Gasteiger partial charge on any atom is 0.411 e. The fraction of sp³-hybridized carbons (Fsp3) is 0.394. The quantitative estimate of drug-likeness (QED) is 0.356. The molecule has 0 unspecified atom stereocenters. The molecule has 0 spiro atoms. The zero-order valence-electron chi connectivity index (χ0n) is 23.6. The topological polar surface area (TPSA) is 65.1 Å². The number of amides is 2. The van der Waals surface area contributed by atoms with E-state index in [9.17, 15) is 9.59 Å². The van der Waals surface area contributed by atoms with Gasteiger partial charge in [0, 0.05) is 56.9 Å². The lowest BCUT2D eigenvalue weighted by Gasteiger charge is -2.32. The monoisotopic (exact) mass is 540 g/mol. The first-order valence-corrected chi connectivity index (χ1v) is 14.4. The van der Waals surface area contributed by atoms with Crippen LogP contribution in [0.15, 0.2) is 78.9 Å². The molecule has 210 valence electrons. The van der Waals surface area contributed by atoms with Gasteiger partial charge in [-0.15, -0.1) is 0 Å². The largest absolute Gasteiger partial charge is 0.446 e. The number of carbonyl (C=O) groups excluding carboxylic acids is 2. The van der Waals surface area contributed by atoms with Crippen LogP contribution in [0, 0.1) is 0 Å². The van der Waals surface area contributed by atoms with E-state index in [-0.39, 0.29) is 12.0 Å². The molecule has 0 atom stereocenters. The molecule has 1 aliphatic heterocycles. The summed E-state index contributed by atoms with van der Waals surface area (Å²) >= 11 is 0. The molecule has 1 saturated heterocycles. The number of piperidine rings is 1. The maximum absolute atomic E-state index is 12.9. The van der Waals surface area contributed by atoms with Gasteiger partial charge in [-0.2, -0.15) is 0 Å². The fourth-order valence-electron chi connectivity index (χ4n) is 5.30. The molecule has 1 aliphatic carbocycles. The van der Waals surface area contributed by atoms with Crippen LogP contribution in [0.25, 0.3) is 11.1 Å². The number of carbonyl (C=O) groups is 2. The summed E-state index contributed by atoms with van der Waals surface area (Å²) in [4.78, 5) is 32.1. The molecule has 2 amide bonds. The SMILES string of the molecule is CN(CCN1CCC(OC(=O)Nc2ccccc2-c2ccccc2)CC1)C(=O)c1ccc(CN(C)C2CC2)cc1. The first-order chi connectivity index (χ1) is 19.5. The van der Waals surface area contributed by atoms with Gasteiger partial charge in [0.25, 0.3) is 5.91 Å². The molecule has 0 bridgehead atoms. The van der Waals surface area contributed by atoms with Crippen molar-refractivity contribution in [2.24, 2.45) is 0 Å². The van der Waals surface area contributed by atoms with Crippen LogP contribution in [-0.4, -0.2) is 79.1 Å². The third kappa shape index (κ3) is 7.49. The van der Waals surface area contributed by atoms with E-state index in [1.165, 1.54) is 18.4 Å². The molecular weight excluding hydrogens is 500 g/mol. The van der Waals surface area contributed by atoms with Gasteiger partial charge in [-0.1, -0.05) is 60.7 Å². The molecule has 40 heavy (non-hydrogen) atoms. The number of anilines is 1. The summed E-state index contributed by atoms with van der Waals surface area (Å²) in [5.41, 5.74) is 4.72. The van der Waals surface area contributed by atoms with Crippen LogP contribution < -0.4 is 5.32 Å². The number of likely N-dealkylation sites (tertiary alicyclic amines) is 1. The Bertz CT molecular complexity index is 1270. The minimum absolute atomic E-state index is 0.0489. The Balaban J connectivity index is 1.03. The number of rotatable bonds is 10. The van der Waals surface area contributed by atoms with Crippen LogP contribution in [0.5, 0.6) is 0 Å². The Hall–Kier alpha value is -3.68. The van der Waals surface area contributed by atoms with Crippen molar-refractivity contribution in [1.29, 1.82) is 0 Å². The molecule has 3 aromatic rings. The standard InChI is InChI=1S/C33H40N4O3/c1-35(32(38)27-14-12-25(13-15-27)24-36(2)28-16-17-28)22-23-37-20-18-29(19-21-37)40-33(39)34-31-11-7-6-10-30(31)26-8-4-3-5-9-26/h3-15,28-29H,16-24H2,1-2H3,(H,34,39). The van der Waals surface area contributed by atoms with Gasteiger partial charge >= 0.3 is 6.09 Å². The zero-order valence-corrected chi connectivity index (χ0v) is 23.6. The zero-order chi connectivity index (χ0) is 27.9. The van der Waals surface area contributed by atoms with Crippen molar-refractivity contribution < 1.29 is 14.3 Å². The van der Waals surface area contributed by atoms with Crippen molar-refractivity contribution in [2.75, 3.05) is 45.6 Å². The number of nitrogens with one attached hydrogen (secondary N) is 1. The highest BCUT2D eigenvalue weighted by Gasteiger charge is 2.26. The van der Waals surface area contributed by atoms with Crippen LogP contribution in [0.2, 0.25) is 0 Å². The Labute approximate surface area is 237 Å². The van der Waals surface area contributed by atoms with Crippen LogP contribution in [-0.2, 0) is 11.3 Å². The van der Waals surface area contributed by atoms with Crippen LogP contribution >= 0.6 is 0 Å². The third-order valence-corrected chi connectivity index (χ3v) is 7.96. The Morgan fingerprint density at radius 3 is 2.25 bits per heavy atom. The predicted octanol–water partition coefficient (Wildman–Crippen LogP) is 5.73. The summed E-state index contributed by atoms with van der Waals surface area (Å²) in [7, 11) is 4.03. The molecule has 7 nitrogen and oxygen atoms in total. The second-order valence-electron chi connectivity index (χ2n) is 11.1. The molecule has 5 rings (SSSR count). The van der Waals surface area contributed by atoms with Crippen LogP contribution in [0.1, 0.15) is 41.6 Å². The lowest BCUT2D eigenvalue weighted by molar-refractivity contribution is 0.0540. The van der Waals surface area contributed by atoms with E-state index < -0.39 is 6.09 Å². The number of ether oxygens (including phenoxy) is 1. The molecule has 1 saturated carbocycles. The van der Waals surface area contributed by atoms with Crippen molar-refractivity contribution >= 4 is 17.7 Å². The Morgan fingerprint density at radius 1 is 0.875 bits per heavy atom. The van der Waals surface area contributed by atoms with E-state index in [1.807, 2.05) is 73.8 Å². The Kier molecular flexibility index (Phi) is 9.14. The summed E-state index contributed by atoms with van der Waals surface area (Å²) in [5, 5.41) is 2.93. The second-order valence-corrected chi connectivity index (χ2v) is 11.1. The highest BCUT2D eigenvalue weighted by atomic mass is 16.6. The maximum atomic E-state index is 12.9. The first kappa shape index (κ1) is 27.9. The fourth-order valence-corrected chi connectivity index (χ4v) is 5.30.